The molecule has 1 saturated heterocycles. The van der Waals surface area contributed by atoms with Crippen LogP contribution in [-0.4, -0.2) is 74.7 Å². The van der Waals surface area contributed by atoms with E-state index in [0.29, 0.717) is 32.6 Å². The van der Waals surface area contributed by atoms with Crippen molar-refractivity contribution in [3.8, 4) is 10.4 Å². The first kappa shape index (κ1) is 21.5. The van der Waals surface area contributed by atoms with Gasteiger partial charge in [-0.25, -0.2) is 0 Å². The van der Waals surface area contributed by atoms with E-state index in [9.17, 15) is 9.59 Å². The standard InChI is InChI=1S/C22H28N2O4S/c1-23(2)21(26)22(16-24(11-13-28-22)20(25)10-12-27-3)15-17-6-8-18(9-7-17)19-5-4-14-29-19/h4-9,14H,10-13,15-16H2,1-3H3. The van der Waals surface area contributed by atoms with Gasteiger partial charge in [0.05, 0.1) is 26.2 Å². The van der Waals surface area contributed by atoms with Crippen molar-refractivity contribution in [1.29, 1.82) is 0 Å². The fourth-order valence-electron chi connectivity index (χ4n) is 3.62. The highest BCUT2D eigenvalue weighted by Gasteiger charge is 2.45. The number of nitrogens with zero attached hydrogens (tertiary/aromatic N) is 2. The topological polar surface area (TPSA) is 59.1 Å². The van der Waals surface area contributed by atoms with Crippen molar-refractivity contribution in [3.63, 3.8) is 0 Å². The van der Waals surface area contributed by atoms with Gasteiger partial charge >= 0.3 is 0 Å². The smallest absolute Gasteiger partial charge is 0.256 e. The third-order valence-electron chi connectivity index (χ3n) is 5.10. The lowest BCUT2D eigenvalue weighted by molar-refractivity contribution is -0.172. The Balaban J connectivity index is 1.81. The number of likely N-dealkylation sites (N-methyl/N-ethyl adjacent to an activating group) is 1. The number of thiophene rings is 1. The van der Waals surface area contributed by atoms with Gasteiger partial charge in [-0.1, -0.05) is 30.3 Å². The highest BCUT2D eigenvalue weighted by Crippen LogP contribution is 2.29. The Bertz CT molecular complexity index is 820. The Morgan fingerprint density at radius 1 is 1.24 bits per heavy atom. The third kappa shape index (κ3) is 5.04. The molecule has 1 atom stereocenters. The van der Waals surface area contributed by atoms with E-state index in [-0.39, 0.29) is 18.4 Å². The number of carbonyl (C=O) groups is 2. The molecule has 1 aliphatic rings. The predicted octanol–water partition coefficient (Wildman–Crippen LogP) is 2.68. The quantitative estimate of drug-likeness (QED) is 0.696. The number of hydrogen-bond donors (Lipinski definition) is 0. The van der Waals surface area contributed by atoms with E-state index >= 15 is 0 Å². The molecular formula is C22H28N2O4S. The van der Waals surface area contributed by atoms with Gasteiger partial charge in [0.1, 0.15) is 0 Å². The summed E-state index contributed by atoms with van der Waals surface area (Å²) in [5.41, 5.74) is 1.08. The molecule has 1 aromatic heterocycles. The van der Waals surface area contributed by atoms with Crippen LogP contribution in [0.5, 0.6) is 0 Å². The number of benzene rings is 1. The molecule has 29 heavy (non-hydrogen) atoms. The molecule has 3 rings (SSSR count). The number of hydrogen-bond acceptors (Lipinski definition) is 5. The van der Waals surface area contributed by atoms with Crippen LogP contribution in [0.1, 0.15) is 12.0 Å². The lowest BCUT2D eigenvalue weighted by Gasteiger charge is -2.43. The number of ether oxygens (including phenoxy) is 2. The molecule has 0 N–H and O–H groups in total. The molecule has 1 aliphatic heterocycles. The van der Waals surface area contributed by atoms with Gasteiger partial charge in [0.2, 0.25) is 5.91 Å². The number of morpholine rings is 1. The van der Waals surface area contributed by atoms with E-state index in [2.05, 4.69) is 23.6 Å². The van der Waals surface area contributed by atoms with Crippen molar-refractivity contribution in [2.75, 3.05) is 47.5 Å². The maximum absolute atomic E-state index is 13.1. The average molecular weight is 417 g/mol. The molecule has 7 heteroatoms. The molecule has 2 amide bonds. The van der Waals surface area contributed by atoms with Crippen LogP contribution in [0.2, 0.25) is 0 Å². The van der Waals surface area contributed by atoms with E-state index in [1.165, 1.54) is 4.88 Å². The second kappa shape index (κ2) is 9.52. The van der Waals surface area contributed by atoms with E-state index in [1.807, 2.05) is 18.2 Å². The van der Waals surface area contributed by atoms with Gasteiger partial charge < -0.3 is 19.3 Å². The summed E-state index contributed by atoms with van der Waals surface area (Å²) in [7, 11) is 5.02. The molecule has 0 saturated carbocycles. The summed E-state index contributed by atoms with van der Waals surface area (Å²) in [6, 6.07) is 12.3. The lowest BCUT2D eigenvalue weighted by atomic mass is 9.90. The van der Waals surface area contributed by atoms with Crippen LogP contribution in [0.25, 0.3) is 10.4 Å². The number of rotatable bonds is 7. The van der Waals surface area contributed by atoms with Crippen LogP contribution in [-0.2, 0) is 25.5 Å². The summed E-state index contributed by atoms with van der Waals surface area (Å²) < 4.78 is 11.1. The van der Waals surface area contributed by atoms with Gasteiger partial charge in [-0.3, -0.25) is 9.59 Å². The average Bonchev–Trinajstić information content (AvgIpc) is 3.27. The molecule has 0 aliphatic carbocycles. The first-order valence-electron chi connectivity index (χ1n) is 9.70. The molecule has 0 spiro atoms. The van der Waals surface area contributed by atoms with E-state index < -0.39 is 5.60 Å². The highest BCUT2D eigenvalue weighted by atomic mass is 32.1. The van der Waals surface area contributed by atoms with Crippen molar-refractivity contribution in [3.05, 3.63) is 47.3 Å². The van der Waals surface area contributed by atoms with E-state index in [0.717, 1.165) is 11.1 Å². The van der Waals surface area contributed by atoms with Crippen molar-refractivity contribution >= 4 is 23.2 Å². The van der Waals surface area contributed by atoms with Crippen molar-refractivity contribution in [2.45, 2.75) is 18.4 Å². The van der Waals surface area contributed by atoms with Gasteiger partial charge in [0, 0.05) is 39.0 Å². The van der Waals surface area contributed by atoms with Gasteiger partial charge in [-0.05, 0) is 22.6 Å². The fourth-order valence-corrected chi connectivity index (χ4v) is 4.36. The largest absolute Gasteiger partial charge is 0.384 e. The molecule has 156 valence electrons. The van der Waals surface area contributed by atoms with Gasteiger partial charge in [0.25, 0.3) is 5.91 Å². The Morgan fingerprint density at radius 2 is 2.00 bits per heavy atom. The predicted molar refractivity (Wildman–Crippen MR) is 114 cm³/mol. The first-order chi connectivity index (χ1) is 13.9. The van der Waals surface area contributed by atoms with Gasteiger partial charge in [-0.2, -0.15) is 0 Å². The van der Waals surface area contributed by atoms with Crippen molar-refractivity contribution in [2.24, 2.45) is 0 Å². The fraction of sp³-hybridized carbons (Fsp3) is 0.455. The maximum atomic E-state index is 13.1. The van der Waals surface area contributed by atoms with E-state index in [4.69, 9.17) is 9.47 Å². The van der Waals surface area contributed by atoms with Gasteiger partial charge in [-0.15, -0.1) is 11.3 Å². The summed E-state index contributed by atoms with van der Waals surface area (Å²) in [6.07, 6.45) is 0.723. The minimum Gasteiger partial charge on any atom is -0.384 e. The Morgan fingerprint density at radius 3 is 2.62 bits per heavy atom. The van der Waals surface area contributed by atoms with Crippen molar-refractivity contribution in [1.82, 2.24) is 9.80 Å². The molecule has 6 nitrogen and oxygen atoms in total. The second-order valence-electron chi connectivity index (χ2n) is 7.45. The van der Waals surface area contributed by atoms with Crippen LogP contribution in [0.3, 0.4) is 0 Å². The number of amides is 2. The normalized spacial score (nSPS) is 19.2. The van der Waals surface area contributed by atoms with Crippen LogP contribution in [0.4, 0.5) is 0 Å². The summed E-state index contributed by atoms with van der Waals surface area (Å²) in [4.78, 5) is 30.1. The highest BCUT2D eigenvalue weighted by molar-refractivity contribution is 7.13. The maximum Gasteiger partial charge on any atom is 0.256 e. The zero-order valence-corrected chi connectivity index (χ0v) is 18.0. The molecule has 2 heterocycles. The number of methoxy groups -OCH3 is 1. The van der Waals surface area contributed by atoms with Crippen LogP contribution in [0.15, 0.2) is 41.8 Å². The Hall–Kier alpha value is -2.22. The summed E-state index contributed by atoms with van der Waals surface area (Å²) in [5, 5.41) is 2.05. The second-order valence-corrected chi connectivity index (χ2v) is 8.40. The molecule has 1 unspecified atom stereocenters. The molecule has 1 aromatic carbocycles. The van der Waals surface area contributed by atoms with Crippen LogP contribution >= 0.6 is 11.3 Å². The minimum absolute atomic E-state index is 0.0147. The summed E-state index contributed by atoms with van der Waals surface area (Å²) in [5.74, 6) is -0.136. The van der Waals surface area contributed by atoms with Gasteiger partial charge in [0.15, 0.2) is 5.60 Å². The molecular weight excluding hydrogens is 388 g/mol. The third-order valence-corrected chi connectivity index (χ3v) is 6.02. The monoisotopic (exact) mass is 416 g/mol. The van der Waals surface area contributed by atoms with Crippen LogP contribution < -0.4 is 0 Å². The number of carbonyl (C=O) groups excluding carboxylic acids is 2. The lowest BCUT2D eigenvalue weighted by Crippen LogP contribution is -2.61. The molecule has 1 fully saturated rings. The molecule has 2 aromatic rings. The van der Waals surface area contributed by atoms with Crippen LogP contribution in [0, 0.1) is 0 Å². The Labute approximate surface area is 176 Å². The Kier molecular flexibility index (Phi) is 7.05. The SMILES string of the molecule is COCCC(=O)N1CCOC(Cc2ccc(-c3cccs3)cc2)(C(=O)N(C)C)C1. The molecule has 0 bridgehead atoms. The zero-order valence-electron chi connectivity index (χ0n) is 17.2. The summed E-state index contributed by atoms with van der Waals surface area (Å²) >= 11 is 1.70. The first-order valence-corrected chi connectivity index (χ1v) is 10.6. The summed E-state index contributed by atoms with van der Waals surface area (Å²) in [6.45, 7) is 1.45. The zero-order chi connectivity index (χ0) is 20.9. The van der Waals surface area contributed by atoms with Crippen molar-refractivity contribution < 1.29 is 19.1 Å². The van der Waals surface area contributed by atoms with E-state index in [1.54, 1.807) is 42.3 Å². The minimum atomic E-state index is -1.07. The molecule has 0 radical (unpaired) electrons.